The van der Waals surface area contributed by atoms with Crippen molar-refractivity contribution >= 4 is 5.97 Å². The number of alkyl halides is 3. The summed E-state index contributed by atoms with van der Waals surface area (Å²) in [5, 5.41) is 8.90. The Hall–Kier alpha value is -0.820. The minimum absolute atomic E-state index is 0.149. The maximum Gasteiger partial charge on any atom is 0.414 e. The van der Waals surface area contributed by atoms with Gasteiger partial charge in [-0.2, -0.15) is 13.2 Å². The van der Waals surface area contributed by atoms with Crippen molar-refractivity contribution in [2.45, 2.75) is 38.5 Å². The summed E-state index contributed by atoms with van der Waals surface area (Å²) in [6.45, 7) is 3.40. The summed E-state index contributed by atoms with van der Waals surface area (Å²) in [5.41, 5.74) is 0. The highest BCUT2D eigenvalue weighted by atomic mass is 19.4. The molecule has 0 amide bonds. The van der Waals surface area contributed by atoms with Gasteiger partial charge in [-0.05, 0) is 39.3 Å². The summed E-state index contributed by atoms with van der Waals surface area (Å²) in [6, 6.07) is 0. The summed E-state index contributed by atoms with van der Waals surface area (Å²) in [5.74, 6) is -0.374. The number of hydrogen-bond acceptors (Lipinski definition) is 4. The predicted molar refractivity (Wildman–Crippen MR) is 62.5 cm³/mol. The van der Waals surface area contributed by atoms with Gasteiger partial charge in [0.1, 0.15) is 0 Å². The smallest absolute Gasteiger partial charge is 0.414 e. The number of likely N-dealkylation sites (tertiary alicyclic amines) is 1. The summed E-state index contributed by atoms with van der Waals surface area (Å²) in [7, 11) is 0. The number of esters is 1. The van der Waals surface area contributed by atoms with E-state index < -0.39 is 12.3 Å². The van der Waals surface area contributed by atoms with E-state index in [1.807, 2.05) is 4.90 Å². The molecule has 0 spiro atoms. The van der Waals surface area contributed by atoms with Crippen LogP contribution in [0.4, 0.5) is 13.2 Å². The van der Waals surface area contributed by atoms with Crippen LogP contribution in [0.3, 0.4) is 0 Å². The second-order valence-electron chi connectivity index (χ2n) is 4.71. The Bertz CT molecular complexity index is 288. The molecule has 0 aromatic heterocycles. The van der Waals surface area contributed by atoms with Crippen molar-refractivity contribution in [3.05, 3.63) is 0 Å². The molecule has 7 heteroatoms. The number of piperidine rings is 1. The van der Waals surface area contributed by atoms with Gasteiger partial charge in [-0.1, -0.05) is 0 Å². The molecule has 0 aliphatic carbocycles. The Morgan fingerprint density at radius 3 is 2.47 bits per heavy atom. The number of carbonyl (C=O) groups excluding carboxylic acids is 1. The summed E-state index contributed by atoms with van der Waals surface area (Å²) in [6.07, 6.45) is -5.95. The molecule has 0 radical (unpaired) electrons. The first kappa shape index (κ1) is 16.2. The molecule has 112 valence electrons. The van der Waals surface area contributed by atoms with E-state index in [1.165, 1.54) is 0 Å². The van der Waals surface area contributed by atoms with Gasteiger partial charge in [0.15, 0.2) is 6.10 Å². The molecule has 1 heterocycles. The summed E-state index contributed by atoms with van der Waals surface area (Å²) >= 11 is 0. The van der Waals surface area contributed by atoms with E-state index in [4.69, 9.17) is 9.84 Å². The topological polar surface area (TPSA) is 49.8 Å². The highest BCUT2D eigenvalue weighted by Gasteiger charge is 2.38. The molecule has 1 atom stereocenters. The van der Waals surface area contributed by atoms with Crippen LogP contribution in [0.25, 0.3) is 0 Å². The fraction of sp³-hybridized carbons (Fsp3) is 0.917. The zero-order valence-electron chi connectivity index (χ0n) is 10.9. The highest BCUT2D eigenvalue weighted by Crippen LogP contribution is 2.24. The van der Waals surface area contributed by atoms with Crippen molar-refractivity contribution < 1.29 is 27.8 Å². The van der Waals surface area contributed by atoms with E-state index in [-0.39, 0.29) is 24.9 Å². The molecule has 1 saturated heterocycles. The number of carbonyl (C=O) groups is 1. The monoisotopic (exact) mass is 283 g/mol. The van der Waals surface area contributed by atoms with Crippen LogP contribution in [-0.2, 0) is 9.53 Å². The zero-order chi connectivity index (χ0) is 14.5. The average Bonchev–Trinajstić information content (AvgIpc) is 2.35. The Labute approximate surface area is 110 Å². The van der Waals surface area contributed by atoms with Crippen molar-refractivity contribution in [2.24, 2.45) is 5.92 Å². The minimum atomic E-state index is -4.55. The third-order valence-corrected chi connectivity index (χ3v) is 3.30. The van der Waals surface area contributed by atoms with Crippen LogP contribution < -0.4 is 0 Å². The fourth-order valence-corrected chi connectivity index (χ4v) is 2.12. The van der Waals surface area contributed by atoms with Crippen molar-refractivity contribution in [1.29, 1.82) is 0 Å². The van der Waals surface area contributed by atoms with Gasteiger partial charge in [-0.15, -0.1) is 0 Å². The SMILES string of the molecule is CCOC(=O)C1CCN(CCC(O)C(F)(F)F)CC1. The van der Waals surface area contributed by atoms with E-state index in [1.54, 1.807) is 6.92 Å². The van der Waals surface area contributed by atoms with Crippen LogP contribution in [-0.4, -0.2) is 54.5 Å². The number of halogens is 3. The molecule has 1 N–H and O–H groups in total. The molecule has 0 bridgehead atoms. The van der Waals surface area contributed by atoms with Crippen molar-refractivity contribution in [2.75, 3.05) is 26.2 Å². The lowest BCUT2D eigenvalue weighted by atomic mass is 9.97. The third-order valence-electron chi connectivity index (χ3n) is 3.30. The summed E-state index contributed by atoms with van der Waals surface area (Å²) < 4.78 is 41.3. The zero-order valence-corrected chi connectivity index (χ0v) is 10.9. The van der Waals surface area contributed by atoms with Gasteiger partial charge in [0.25, 0.3) is 0 Å². The van der Waals surface area contributed by atoms with Crippen LogP contribution in [0.2, 0.25) is 0 Å². The summed E-state index contributed by atoms with van der Waals surface area (Å²) in [4.78, 5) is 13.3. The lowest BCUT2D eigenvalue weighted by Crippen LogP contribution is -2.40. The second-order valence-corrected chi connectivity index (χ2v) is 4.71. The molecule has 4 nitrogen and oxygen atoms in total. The van der Waals surface area contributed by atoms with Crippen molar-refractivity contribution in [1.82, 2.24) is 4.90 Å². The van der Waals surface area contributed by atoms with Crippen LogP contribution in [0.5, 0.6) is 0 Å². The maximum atomic E-state index is 12.1. The van der Waals surface area contributed by atoms with Gasteiger partial charge in [0.2, 0.25) is 0 Å². The van der Waals surface area contributed by atoms with Crippen molar-refractivity contribution in [3.8, 4) is 0 Å². The molecule has 1 rings (SSSR count). The van der Waals surface area contributed by atoms with Gasteiger partial charge in [0.05, 0.1) is 12.5 Å². The van der Waals surface area contributed by atoms with Gasteiger partial charge >= 0.3 is 12.1 Å². The quantitative estimate of drug-likeness (QED) is 0.778. The molecular weight excluding hydrogens is 263 g/mol. The minimum Gasteiger partial charge on any atom is -0.466 e. The molecule has 19 heavy (non-hydrogen) atoms. The van der Waals surface area contributed by atoms with Crippen LogP contribution in [0.15, 0.2) is 0 Å². The molecular formula is C12H20F3NO3. The molecule has 0 aromatic carbocycles. The molecule has 0 aromatic rings. The number of ether oxygens (including phenoxy) is 1. The van der Waals surface area contributed by atoms with E-state index in [2.05, 4.69) is 0 Å². The van der Waals surface area contributed by atoms with E-state index in [0.29, 0.717) is 32.5 Å². The Morgan fingerprint density at radius 1 is 1.42 bits per heavy atom. The van der Waals surface area contributed by atoms with Gasteiger partial charge in [-0.3, -0.25) is 4.79 Å². The first-order valence-electron chi connectivity index (χ1n) is 6.48. The number of nitrogens with zero attached hydrogens (tertiary/aromatic N) is 1. The number of rotatable bonds is 5. The first-order valence-corrected chi connectivity index (χ1v) is 6.48. The molecule has 1 unspecified atom stereocenters. The molecule has 0 saturated carbocycles. The predicted octanol–water partition coefficient (Wildman–Crippen LogP) is 1.57. The number of aliphatic hydroxyl groups is 1. The van der Waals surface area contributed by atoms with E-state index in [0.717, 1.165) is 0 Å². The number of aliphatic hydroxyl groups excluding tert-OH is 1. The molecule has 1 aliphatic rings. The van der Waals surface area contributed by atoms with Crippen molar-refractivity contribution in [3.63, 3.8) is 0 Å². The Morgan fingerprint density at radius 2 is 2.00 bits per heavy atom. The lowest BCUT2D eigenvalue weighted by Gasteiger charge is -2.31. The van der Waals surface area contributed by atoms with E-state index >= 15 is 0 Å². The largest absolute Gasteiger partial charge is 0.466 e. The standard InChI is InChI=1S/C12H20F3NO3/c1-2-19-11(18)9-3-6-16(7-4-9)8-5-10(17)12(13,14)15/h9-10,17H,2-8H2,1H3. The van der Waals surface area contributed by atoms with Crippen LogP contribution >= 0.6 is 0 Å². The van der Waals surface area contributed by atoms with Crippen LogP contribution in [0.1, 0.15) is 26.2 Å². The fourth-order valence-electron chi connectivity index (χ4n) is 2.12. The van der Waals surface area contributed by atoms with Gasteiger partial charge in [-0.25, -0.2) is 0 Å². The second kappa shape index (κ2) is 7.09. The average molecular weight is 283 g/mol. The Balaban J connectivity index is 2.25. The molecule has 1 aliphatic heterocycles. The van der Waals surface area contributed by atoms with Crippen LogP contribution in [0, 0.1) is 5.92 Å². The number of hydrogen-bond donors (Lipinski definition) is 1. The van der Waals surface area contributed by atoms with E-state index in [9.17, 15) is 18.0 Å². The first-order chi connectivity index (χ1) is 8.84. The maximum absolute atomic E-state index is 12.1. The van der Waals surface area contributed by atoms with Gasteiger partial charge < -0.3 is 14.7 Å². The Kier molecular flexibility index (Phi) is 6.06. The normalized spacial score (nSPS) is 20.3. The third kappa shape index (κ3) is 5.36. The highest BCUT2D eigenvalue weighted by molar-refractivity contribution is 5.72. The molecule has 1 fully saturated rings. The van der Waals surface area contributed by atoms with Gasteiger partial charge in [0, 0.05) is 6.54 Å². The lowest BCUT2D eigenvalue weighted by molar-refractivity contribution is -0.206.